The predicted octanol–water partition coefficient (Wildman–Crippen LogP) is 7.86. The quantitative estimate of drug-likeness (QED) is 0.0930. The minimum atomic E-state index is -3.90. The van der Waals surface area contributed by atoms with E-state index >= 15 is 0 Å². The number of aromatic nitrogens is 6. The smallest absolute Gasteiger partial charge is 0.243 e. The van der Waals surface area contributed by atoms with Crippen molar-refractivity contribution >= 4 is 54.2 Å². The van der Waals surface area contributed by atoms with E-state index in [9.17, 15) is 8.42 Å². The van der Waals surface area contributed by atoms with Gasteiger partial charge in [0.15, 0.2) is 0 Å². The minimum absolute atomic E-state index is 0.276. The van der Waals surface area contributed by atoms with Gasteiger partial charge in [0.05, 0.1) is 41.7 Å². The van der Waals surface area contributed by atoms with Crippen molar-refractivity contribution in [1.29, 1.82) is 0 Å². The topological polar surface area (TPSA) is 112 Å². The molecule has 49 heavy (non-hydrogen) atoms. The fourth-order valence-corrected chi connectivity index (χ4v) is 8.36. The van der Waals surface area contributed by atoms with Gasteiger partial charge >= 0.3 is 0 Å². The molecule has 0 spiro atoms. The summed E-state index contributed by atoms with van der Waals surface area (Å²) in [6.45, 7) is 9.66. The number of allylic oxidation sites excluding steroid dienone is 2. The Balaban J connectivity index is 1.56. The second kappa shape index (κ2) is 15.1. The van der Waals surface area contributed by atoms with Gasteiger partial charge in [-0.15, -0.1) is 0 Å². The third kappa shape index (κ3) is 7.50. The Morgan fingerprint density at radius 1 is 0.796 bits per heavy atom. The lowest BCUT2D eigenvalue weighted by Gasteiger charge is -2.10. The van der Waals surface area contributed by atoms with E-state index in [4.69, 9.17) is 9.97 Å². The molecule has 9 nitrogen and oxygen atoms in total. The first-order valence-electron chi connectivity index (χ1n) is 17.9. The Morgan fingerprint density at radius 2 is 1.45 bits per heavy atom. The van der Waals surface area contributed by atoms with Gasteiger partial charge in [-0.3, -0.25) is 0 Å². The van der Waals surface area contributed by atoms with Crippen LogP contribution in [0.3, 0.4) is 0 Å². The molecule has 3 N–H and O–H groups in total. The van der Waals surface area contributed by atoms with Gasteiger partial charge < -0.3 is 9.97 Å². The molecule has 8 bridgehead atoms. The minimum Gasteiger partial charge on any atom is -0.354 e. The van der Waals surface area contributed by atoms with Crippen LogP contribution in [0.25, 0.3) is 44.2 Å². The number of nitrogens with zero attached hydrogens (tertiary/aromatic N) is 4. The molecular weight excluding hydrogens is 631 g/mol. The molecule has 6 rings (SSSR count). The van der Waals surface area contributed by atoms with Gasteiger partial charge in [-0.05, 0) is 91.3 Å². The summed E-state index contributed by atoms with van der Waals surface area (Å²) in [5.74, 6) is 0. The number of aryl methyl sites for hydroxylation is 4. The lowest BCUT2D eigenvalue weighted by atomic mass is 10.1. The standard InChI is InChI=1S/C39H50N7O2S/c1-6-11-27-23-35-36-24-28(12-7-2)32(42-36)17-18-34-30(14-9-4)39(49(47,48)40-19-10-20-46-22-21-45(5)26-46)38(44-34)37-25-29(13-8-3)33(43-37)16-15-31(27)41-35/h15-18,21-26,40,42-43H,6-14,19-20H2,1-5H3/q+1. The molecule has 2 aliphatic heterocycles. The Kier molecular flexibility index (Phi) is 10.6. The zero-order valence-corrected chi connectivity index (χ0v) is 30.4. The lowest BCUT2D eigenvalue weighted by Crippen LogP contribution is -2.27. The number of H-pyrrole nitrogens is 2. The van der Waals surface area contributed by atoms with Crippen molar-refractivity contribution in [2.75, 3.05) is 6.54 Å². The third-order valence-electron chi connectivity index (χ3n) is 9.16. The monoisotopic (exact) mass is 680 g/mol. The van der Waals surface area contributed by atoms with E-state index < -0.39 is 10.0 Å². The van der Waals surface area contributed by atoms with Crippen LogP contribution >= 0.6 is 0 Å². The summed E-state index contributed by atoms with van der Waals surface area (Å²) < 4.78 is 35.6. The van der Waals surface area contributed by atoms with Crippen molar-refractivity contribution in [2.24, 2.45) is 7.05 Å². The van der Waals surface area contributed by atoms with Crippen LogP contribution in [0.15, 0.2) is 55.1 Å². The van der Waals surface area contributed by atoms with Gasteiger partial charge in [-0.2, -0.15) is 0 Å². The van der Waals surface area contributed by atoms with Crippen molar-refractivity contribution in [2.45, 2.75) is 92.0 Å². The molecule has 0 radical (unpaired) electrons. The van der Waals surface area contributed by atoms with E-state index in [-0.39, 0.29) is 4.91 Å². The molecule has 6 heterocycles. The summed E-state index contributed by atoms with van der Waals surface area (Å²) in [4.78, 5) is 17.7. The summed E-state index contributed by atoms with van der Waals surface area (Å²) in [5.41, 5.74) is 11.0. The Hall–Kier alpha value is -4.28. The molecule has 0 aromatic carbocycles. The van der Waals surface area contributed by atoms with E-state index in [1.165, 1.54) is 11.1 Å². The number of hydrogen-bond donors (Lipinski definition) is 3. The summed E-state index contributed by atoms with van der Waals surface area (Å²) in [6.07, 6.45) is 15.9. The number of sulfonamides is 1. The fraction of sp³-hybridized carbons (Fsp3) is 0.410. The molecule has 4 aromatic heterocycles. The molecule has 0 saturated carbocycles. The molecule has 0 aliphatic carbocycles. The molecule has 258 valence electrons. The first-order chi connectivity index (χ1) is 23.7. The average Bonchev–Trinajstić information content (AvgIpc) is 3.90. The van der Waals surface area contributed by atoms with Gasteiger partial charge in [0, 0.05) is 23.2 Å². The Bertz CT molecular complexity index is 2170. The van der Waals surface area contributed by atoms with Crippen LogP contribution in [0.2, 0.25) is 0 Å². The number of imidazole rings is 1. The number of hydrogen-bond acceptors (Lipinski definition) is 4. The second-order valence-corrected chi connectivity index (χ2v) is 14.9. The summed E-state index contributed by atoms with van der Waals surface area (Å²) in [6, 6.07) is 12.5. The molecule has 4 aromatic rings. The first kappa shape index (κ1) is 34.6. The second-order valence-electron chi connectivity index (χ2n) is 13.2. The van der Waals surface area contributed by atoms with E-state index in [0.29, 0.717) is 36.3 Å². The van der Waals surface area contributed by atoms with Crippen molar-refractivity contribution in [3.8, 4) is 0 Å². The number of fused-ring (bicyclic) bond motifs is 10. The maximum Gasteiger partial charge on any atom is 0.243 e. The van der Waals surface area contributed by atoms with Crippen LogP contribution in [0.1, 0.15) is 107 Å². The molecule has 0 atom stereocenters. The van der Waals surface area contributed by atoms with E-state index in [2.05, 4.69) is 83.4 Å². The normalized spacial score (nSPS) is 13.4. The van der Waals surface area contributed by atoms with Crippen LogP contribution in [-0.2, 0) is 36.5 Å². The highest BCUT2D eigenvalue weighted by molar-refractivity contribution is 7.99. The molecule has 0 unspecified atom stereocenters. The predicted molar refractivity (Wildman–Crippen MR) is 201 cm³/mol. The molecule has 0 saturated heterocycles. The molecule has 2 aliphatic rings. The highest BCUT2D eigenvalue weighted by atomic mass is 32.2. The number of rotatable bonds is 14. The maximum absolute atomic E-state index is 14.3. The van der Waals surface area contributed by atoms with Gasteiger partial charge in [0.25, 0.3) is 0 Å². The van der Waals surface area contributed by atoms with Crippen LogP contribution in [0.4, 0.5) is 0 Å². The maximum atomic E-state index is 14.3. The fourth-order valence-electron chi connectivity index (χ4n) is 6.87. The van der Waals surface area contributed by atoms with Crippen molar-refractivity contribution in [1.82, 2.24) is 29.2 Å². The molecule has 0 amide bonds. The van der Waals surface area contributed by atoms with Gasteiger partial charge in [0.2, 0.25) is 16.4 Å². The van der Waals surface area contributed by atoms with Crippen LogP contribution < -0.4 is 9.29 Å². The van der Waals surface area contributed by atoms with Gasteiger partial charge in [-0.1, -0.05) is 53.4 Å². The van der Waals surface area contributed by atoms with Crippen LogP contribution in [-0.4, -0.2) is 39.5 Å². The largest absolute Gasteiger partial charge is 0.354 e. The molecule has 0 fully saturated rings. The lowest BCUT2D eigenvalue weighted by molar-refractivity contribution is -0.671. The number of nitrogens with one attached hydrogen (secondary N) is 3. The molecule has 10 heteroatoms. The first-order valence-corrected chi connectivity index (χ1v) is 19.4. The third-order valence-corrected chi connectivity index (χ3v) is 10.7. The highest BCUT2D eigenvalue weighted by Crippen LogP contribution is 2.38. The highest BCUT2D eigenvalue weighted by Gasteiger charge is 2.31. The van der Waals surface area contributed by atoms with Crippen molar-refractivity contribution < 1.29 is 13.0 Å². The zero-order valence-electron chi connectivity index (χ0n) is 29.6. The van der Waals surface area contributed by atoms with E-state index in [1.807, 2.05) is 36.4 Å². The Labute approximate surface area is 290 Å². The molecular formula is C39H50N7O2S+. The zero-order chi connectivity index (χ0) is 34.5. The summed E-state index contributed by atoms with van der Waals surface area (Å²) in [7, 11) is -1.92. The van der Waals surface area contributed by atoms with Gasteiger partial charge in [0.1, 0.15) is 23.0 Å². The van der Waals surface area contributed by atoms with Crippen molar-refractivity contribution in [3.05, 3.63) is 89.0 Å². The van der Waals surface area contributed by atoms with Crippen LogP contribution in [0.5, 0.6) is 0 Å². The summed E-state index contributed by atoms with van der Waals surface area (Å²) >= 11 is 0. The van der Waals surface area contributed by atoms with E-state index in [1.54, 1.807) is 0 Å². The Morgan fingerprint density at radius 3 is 2.10 bits per heavy atom. The van der Waals surface area contributed by atoms with Gasteiger partial charge in [-0.25, -0.2) is 32.2 Å². The SMILES string of the molecule is CCCC1=Cc2nc1ccc1[nH]c(cc1CCC)c1nc(ccc3[nH]c2cc3CCC)C(CCC)=C1S(=O)(=O)NCCCn1cc[n+](C)c1. The summed E-state index contributed by atoms with van der Waals surface area (Å²) in [5, 5.41) is 0. The van der Waals surface area contributed by atoms with Crippen LogP contribution in [0, 0.1) is 0 Å². The number of aromatic amines is 2. The average molecular weight is 681 g/mol. The van der Waals surface area contributed by atoms with Crippen molar-refractivity contribution in [3.63, 3.8) is 0 Å². The van der Waals surface area contributed by atoms with E-state index in [0.717, 1.165) is 90.6 Å².